The predicted molar refractivity (Wildman–Crippen MR) is 52.9 cm³/mol. The summed E-state index contributed by atoms with van der Waals surface area (Å²) in [5.74, 6) is -0.0155. The van der Waals surface area contributed by atoms with Crippen molar-refractivity contribution in [3.63, 3.8) is 0 Å². The van der Waals surface area contributed by atoms with Gasteiger partial charge in [-0.15, -0.1) is 0 Å². The van der Waals surface area contributed by atoms with Crippen molar-refractivity contribution in [1.29, 1.82) is 0 Å². The smallest absolute Gasteiger partial charge is 0.253 e. The average Bonchev–Trinajstić information content (AvgIpc) is 2.61. The standard InChI is InChI=1S/C11H8N2O/c14-11-9-6-12-10-4-2-1-3-7(10)8(9)5-13-11/h1-4,6H,5H2,(H,13,14). The number of amides is 1. The minimum absolute atomic E-state index is 0.0155. The van der Waals surface area contributed by atoms with Crippen LogP contribution in [0, 0.1) is 0 Å². The summed E-state index contributed by atoms with van der Waals surface area (Å²) in [6.07, 6.45) is 1.65. The Labute approximate surface area is 80.8 Å². The molecule has 0 fully saturated rings. The van der Waals surface area contributed by atoms with Crippen molar-refractivity contribution in [2.24, 2.45) is 0 Å². The van der Waals surface area contributed by atoms with Crippen LogP contribution < -0.4 is 5.32 Å². The molecular weight excluding hydrogens is 176 g/mol. The second-order valence-corrected chi connectivity index (χ2v) is 3.35. The van der Waals surface area contributed by atoms with Gasteiger partial charge >= 0.3 is 0 Å². The van der Waals surface area contributed by atoms with E-state index in [2.05, 4.69) is 10.3 Å². The van der Waals surface area contributed by atoms with Crippen LogP contribution >= 0.6 is 0 Å². The lowest BCUT2D eigenvalue weighted by Crippen LogP contribution is -2.12. The zero-order valence-electron chi connectivity index (χ0n) is 7.45. The number of nitrogens with zero attached hydrogens (tertiary/aromatic N) is 1. The Hall–Kier alpha value is -1.90. The van der Waals surface area contributed by atoms with Gasteiger partial charge in [0.15, 0.2) is 0 Å². The van der Waals surface area contributed by atoms with E-state index < -0.39 is 0 Å². The topological polar surface area (TPSA) is 42.0 Å². The van der Waals surface area contributed by atoms with E-state index in [9.17, 15) is 4.79 Å². The second kappa shape index (κ2) is 2.54. The molecule has 0 aliphatic carbocycles. The summed E-state index contributed by atoms with van der Waals surface area (Å²) in [5.41, 5.74) is 2.73. The lowest BCUT2D eigenvalue weighted by molar-refractivity contribution is 0.0965. The monoisotopic (exact) mass is 184 g/mol. The number of rotatable bonds is 0. The van der Waals surface area contributed by atoms with Gasteiger partial charge in [0, 0.05) is 18.1 Å². The fraction of sp³-hybridized carbons (Fsp3) is 0.0909. The Morgan fingerprint density at radius 1 is 1.29 bits per heavy atom. The van der Waals surface area contributed by atoms with E-state index in [0.717, 1.165) is 16.5 Å². The number of carbonyl (C=O) groups is 1. The van der Waals surface area contributed by atoms with Gasteiger partial charge in [-0.3, -0.25) is 9.78 Å². The van der Waals surface area contributed by atoms with Crippen LogP contribution in [-0.4, -0.2) is 10.9 Å². The van der Waals surface area contributed by atoms with Crippen LogP contribution in [0.25, 0.3) is 10.9 Å². The molecule has 2 aromatic rings. The molecule has 1 aromatic heterocycles. The zero-order chi connectivity index (χ0) is 9.54. The van der Waals surface area contributed by atoms with Gasteiger partial charge in [-0.1, -0.05) is 18.2 Å². The first-order valence-corrected chi connectivity index (χ1v) is 4.51. The molecule has 1 aliphatic rings. The molecule has 3 rings (SSSR count). The Kier molecular flexibility index (Phi) is 1.36. The Balaban J connectivity index is 2.44. The maximum absolute atomic E-state index is 11.4. The lowest BCUT2D eigenvalue weighted by Gasteiger charge is -2.00. The largest absolute Gasteiger partial charge is 0.348 e. The van der Waals surface area contributed by atoms with Gasteiger partial charge in [-0.2, -0.15) is 0 Å². The molecule has 2 heterocycles. The van der Waals surface area contributed by atoms with Crippen LogP contribution in [0.15, 0.2) is 30.5 Å². The molecule has 3 heteroatoms. The lowest BCUT2D eigenvalue weighted by atomic mass is 10.1. The molecule has 3 nitrogen and oxygen atoms in total. The molecular formula is C11H8N2O. The van der Waals surface area contributed by atoms with Crippen LogP contribution in [0.4, 0.5) is 0 Å². The molecule has 0 saturated heterocycles. The Bertz CT molecular complexity index is 534. The summed E-state index contributed by atoms with van der Waals surface area (Å²) in [4.78, 5) is 15.6. The second-order valence-electron chi connectivity index (χ2n) is 3.35. The summed E-state index contributed by atoms with van der Waals surface area (Å²) < 4.78 is 0. The molecule has 1 N–H and O–H groups in total. The van der Waals surface area contributed by atoms with Crippen molar-refractivity contribution in [3.05, 3.63) is 41.6 Å². The highest BCUT2D eigenvalue weighted by Gasteiger charge is 2.20. The SMILES string of the molecule is O=C1NCc2c1cnc1ccccc21. The van der Waals surface area contributed by atoms with Crippen LogP contribution in [0.1, 0.15) is 15.9 Å². The van der Waals surface area contributed by atoms with Crippen LogP contribution in [0.2, 0.25) is 0 Å². The number of hydrogen-bond acceptors (Lipinski definition) is 2. The maximum atomic E-state index is 11.4. The van der Waals surface area contributed by atoms with Crippen molar-refractivity contribution < 1.29 is 4.79 Å². The highest BCUT2D eigenvalue weighted by molar-refractivity contribution is 6.02. The Morgan fingerprint density at radius 3 is 3.07 bits per heavy atom. The van der Waals surface area contributed by atoms with Crippen LogP contribution in [-0.2, 0) is 6.54 Å². The molecule has 0 atom stereocenters. The van der Waals surface area contributed by atoms with Crippen molar-refractivity contribution in [2.45, 2.75) is 6.54 Å². The van der Waals surface area contributed by atoms with E-state index in [1.807, 2.05) is 24.3 Å². The maximum Gasteiger partial charge on any atom is 0.253 e. The van der Waals surface area contributed by atoms with Crippen molar-refractivity contribution in [1.82, 2.24) is 10.3 Å². The number of fused-ring (bicyclic) bond motifs is 3. The number of benzene rings is 1. The number of carbonyl (C=O) groups excluding carboxylic acids is 1. The molecule has 0 saturated carbocycles. The first-order valence-electron chi connectivity index (χ1n) is 4.51. The van der Waals surface area contributed by atoms with Crippen molar-refractivity contribution in [3.8, 4) is 0 Å². The van der Waals surface area contributed by atoms with Crippen molar-refractivity contribution >= 4 is 16.8 Å². The first-order chi connectivity index (χ1) is 6.86. The quantitative estimate of drug-likeness (QED) is 0.673. The normalized spacial score (nSPS) is 14.1. The third-order valence-corrected chi connectivity index (χ3v) is 2.56. The van der Waals surface area contributed by atoms with Gasteiger partial charge in [0.1, 0.15) is 0 Å². The zero-order valence-corrected chi connectivity index (χ0v) is 7.45. The van der Waals surface area contributed by atoms with Gasteiger partial charge in [0.05, 0.1) is 11.1 Å². The molecule has 14 heavy (non-hydrogen) atoms. The molecule has 0 unspecified atom stereocenters. The van der Waals surface area contributed by atoms with Gasteiger partial charge < -0.3 is 5.32 Å². The number of para-hydroxylation sites is 1. The van der Waals surface area contributed by atoms with E-state index in [-0.39, 0.29) is 5.91 Å². The number of pyridine rings is 1. The Morgan fingerprint density at radius 2 is 2.14 bits per heavy atom. The van der Waals surface area contributed by atoms with Crippen molar-refractivity contribution in [2.75, 3.05) is 0 Å². The summed E-state index contributed by atoms with van der Waals surface area (Å²) in [6.45, 7) is 0.622. The molecule has 1 aromatic carbocycles. The molecule has 1 aliphatic heterocycles. The fourth-order valence-corrected chi connectivity index (χ4v) is 1.85. The summed E-state index contributed by atoms with van der Waals surface area (Å²) >= 11 is 0. The highest BCUT2D eigenvalue weighted by Crippen LogP contribution is 2.23. The minimum Gasteiger partial charge on any atom is -0.348 e. The van der Waals surface area contributed by atoms with Gasteiger partial charge in [0.25, 0.3) is 5.91 Å². The fourth-order valence-electron chi connectivity index (χ4n) is 1.85. The van der Waals surface area contributed by atoms with E-state index in [1.54, 1.807) is 6.20 Å². The third kappa shape index (κ3) is 0.865. The number of nitrogens with one attached hydrogen (secondary N) is 1. The molecule has 68 valence electrons. The average molecular weight is 184 g/mol. The van der Waals surface area contributed by atoms with Gasteiger partial charge in [-0.25, -0.2) is 0 Å². The molecule has 0 radical (unpaired) electrons. The molecule has 1 amide bonds. The van der Waals surface area contributed by atoms with Gasteiger partial charge in [0.2, 0.25) is 0 Å². The molecule has 0 bridgehead atoms. The third-order valence-electron chi connectivity index (χ3n) is 2.56. The first kappa shape index (κ1) is 7.50. The summed E-state index contributed by atoms with van der Waals surface area (Å²) in [7, 11) is 0. The number of hydrogen-bond donors (Lipinski definition) is 1. The number of aromatic nitrogens is 1. The molecule has 0 spiro atoms. The summed E-state index contributed by atoms with van der Waals surface area (Å²) in [6, 6.07) is 7.87. The van der Waals surface area contributed by atoms with Crippen LogP contribution in [0.3, 0.4) is 0 Å². The minimum atomic E-state index is -0.0155. The van der Waals surface area contributed by atoms with Crippen LogP contribution in [0.5, 0.6) is 0 Å². The van der Waals surface area contributed by atoms with E-state index in [4.69, 9.17) is 0 Å². The summed E-state index contributed by atoms with van der Waals surface area (Å²) in [5, 5.41) is 3.87. The van der Waals surface area contributed by atoms with Gasteiger partial charge in [-0.05, 0) is 11.6 Å². The predicted octanol–water partition coefficient (Wildman–Crippen LogP) is 1.48. The van der Waals surface area contributed by atoms with E-state index in [1.165, 1.54) is 0 Å². The highest BCUT2D eigenvalue weighted by atomic mass is 16.1. The van der Waals surface area contributed by atoms with E-state index in [0.29, 0.717) is 12.1 Å². The van der Waals surface area contributed by atoms with E-state index >= 15 is 0 Å².